The fourth-order valence-corrected chi connectivity index (χ4v) is 16.2. The Balaban J connectivity index is 0.000000148. The van der Waals surface area contributed by atoms with E-state index < -0.39 is 52.4 Å². The first-order chi connectivity index (χ1) is 62.5. The van der Waals surface area contributed by atoms with Crippen molar-refractivity contribution in [3.05, 3.63) is 401 Å². The molecule has 130 heavy (non-hydrogen) atoms. The van der Waals surface area contributed by atoms with Gasteiger partial charge in [0.15, 0.2) is 46.5 Å². The van der Waals surface area contributed by atoms with Crippen LogP contribution in [0, 0.1) is 46.5 Å². The van der Waals surface area contributed by atoms with Crippen molar-refractivity contribution >= 4 is 67.2 Å². The van der Waals surface area contributed by atoms with Crippen molar-refractivity contribution in [2.75, 3.05) is 0 Å². The average molecular weight is 1770 g/mol. The van der Waals surface area contributed by atoms with Crippen molar-refractivity contribution in [2.24, 2.45) is 0 Å². The zero-order chi connectivity index (χ0) is 92.6. The fraction of sp³-hybridized carbons (Fsp3) is 0.235. The van der Waals surface area contributed by atoms with Crippen molar-refractivity contribution in [2.45, 2.75) is 158 Å². The number of amides is 4. The van der Waals surface area contributed by atoms with Gasteiger partial charge in [0, 0.05) is 146 Å². The zero-order valence-electron chi connectivity index (χ0n) is 73.2. The molecule has 0 saturated heterocycles. The monoisotopic (exact) mass is 1770 g/mol. The van der Waals surface area contributed by atoms with Crippen LogP contribution in [0.2, 0.25) is 0 Å². The highest BCUT2D eigenvalue weighted by atomic mass is 19.2. The molecule has 16 aromatic rings. The van der Waals surface area contributed by atoms with Gasteiger partial charge in [0.2, 0.25) is 5.56 Å². The highest BCUT2D eigenvalue weighted by Gasteiger charge is 2.31. The number of nitrogens with zero attached hydrogens (tertiary/aromatic N) is 9. The van der Waals surface area contributed by atoms with Crippen LogP contribution in [0.15, 0.2) is 253 Å². The third kappa shape index (κ3) is 21.8. The number of carbonyl (C=O) groups excluding carboxylic acids is 4. The summed E-state index contributed by atoms with van der Waals surface area (Å²) in [5.74, 6) is -8.71. The lowest BCUT2D eigenvalue weighted by Crippen LogP contribution is -2.25. The molecule has 0 aliphatic heterocycles. The van der Waals surface area contributed by atoms with E-state index in [1.54, 1.807) is 54.0 Å². The smallest absolute Gasteiger partial charge is 0.254 e. The molecule has 0 atom stereocenters. The van der Waals surface area contributed by atoms with Gasteiger partial charge < -0.3 is 49.1 Å². The maximum absolute atomic E-state index is 13.7. The lowest BCUT2D eigenvalue weighted by atomic mass is 10.0. The van der Waals surface area contributed by atoms with Crippen LogP contribution in [0.4, 0.5) is 35.1 Å². The number of H-pyrrole nitrogens is 1. The molecule has 5 N–H and O–H groups in total. The summed E-state index contributed by atoms with van der Waals surface area (Å²) >= 11 is 0. The summed E-state index contributed by atoms with van der Waals surface area (Å²) in [6.07, 6.45) is 15.6. The Labute approximate surface area is 745 Å². The van der Waals surface area contributed by atoms with E-state index in [1.807, 2.05) is 149 Å². The Morgan fingerprint density at radius 1 is 0.354 bits per heavy atom. The van der Waals surface area contributed by atoms with E-state index in [1.165, 1.54) is 30.3 Å². The van der Waals surface area contributed by atoms with E-state index in [2.05, 4.69) is 92.8 Å². The number of carbonyl (C=O) groups is 4. The van der Waals surface area contributed by atoms with Gasteiger partial charge in [0.25, 0.3) is 29.2 Å². The normalized spacial score (nSPS) is 11.3. The predicted molar refractivity (Wildman–Crippen MR) is 487 cm³/mol. The number of rotatable bonds is 27. The number of hydrogen-bond donors (Lipinski definition) is 5. The number of fused-ring (bicyclic) bond motifs is 4. The number of halogens is 8. The minimum atomic E-state index is -0.974. The van der Waals surface area contributed by atoms with Gasteiger partial charge >= 0.3 is 0 Å². The first kappa shape index (κ1) is 93.0. The molecule has 0 bridgehead atoms. The zero-order valence-corrected chi connectivity index (χ0v) is 73.2. The van der Waals surface area contributed by atoms with E-state index in [0.717, 1.165) is 134 Å². The van der Waals surface area contributed by atoms with Crippen molar-refractivity contribution < 1.29 is 54.3 Å². The van der Waals surface area contributed by atoms with E-state index in [9.17, 15) is 63.9 Å². The van der Waals surface area contributed by atoms with Crippen LogP contribution in [-0.2, 0) is 58.9 Å². The van der Waals surface area contributed by atoms with Gasteiger partial charge in [-0.15, -0.1) is 0 Å². The minimum Gasteiger partial charge on any atom is -0.348 e. The van der Waals surface area contributed by atoms with Gasteiger partial charge in [0.05, 0.1) is 75.0 Å². The molecule has 0 unspecified atom stereocenters. The number of aromatic nitrogens is 10. The standard InChI is InChI=1S/C29H31F2N3O2.C25H23F2N3O.C24H22F2N4O2.C24H22F2N4O/c1-4-5-13-33-18-25-22(15-26(33)35)27(29(36)32-16-21-11-12-23(30)24(31)14-21)28(19(2)3)34(25)17-20-9-7-6-8-10-20;1-16(2)24-23(25(31)29-13-18-8-9-20(26)21(27)12-18)19-10-11-28-14-22(19)30(24)15-17-6-4-3-5-7-17;1-14(2)23-22(24(32)29-11-15-6-7-18(25)19(26)9-15)17-10-21(31)28-12-20(17)30(23)13-16-5-3-4-8-27-16;1-15(2)23-22(24(31)29-12-16-6-7-19(25)20(26)11-16)18-13-27-10-8-21(18)30(23)14-17-5-3-4-9-28-17/h6-12,14-15,18-19H,4-5,13,16-17H2,1-3H3,(H,32,36);3-12,14,16H,13,15H2,1-2H3,(H,29,31);3-10,12,14H,11,13H2,1-2H3,(H,28,31)(H,29,32);3-11,13,15H,12,14H2,1-2H3,(H,29,31). The number of hydrogen-bond acceptors (Lipinski definition) is 10. The third-order valence-electron chi connectivity index (χ3n) is 22.1. The van der Waals surface area contributed by atoms with E-state index >= 15 is 0 Å². The van der Waals surface area contributed by atoms with Crippen molar-refractivity contribution in [3.8, 4) is 0 Å². The Kier molecular flexibility index (Phi) is 30.2. The highest BCUT2D eigenvalue weighted by Crippen LogP contribution is 2.37. The second kappa shape index (κ2) is 42.3. The largest absolute Gasteiger partial charge is 0.348 e. The molecule has 0 spiro atoms. The Morgan fingerprint density at radius 2 is 0.723 bits per heavy atom. The lowest BCUT2D eigenvalue weighted by molar-refractivity contribution is 0.0942. The van der Waals surface area contributed by atoms with E-state index in [0.29, 0.717) is 93.5 Å². The summed E-state index contributed by atoms with van der Waals surface area (Å²) in [5.41, 5.74) is 13.9. The average Bonchev–Trinajstić information content (AvgIpc) is 1.61. The van der Waals surface area contributed by atoms with Gasteiger partial charge in [0.1, 0.15) is 0 Å². The molecule has 0 radical (unpaired) electrons. The summed E-state index contributed by atoms with van der Waals surface area (Å²) in [6, 6.07) is 52.3. The summed E-state index contributed by atoms with van der Waals surface area (Å²) < 4.78 is 117. The Morgan fingerprint density at radius 3 is 1.12 bits per heavy atom. The lowest BCUT2D eigenvalue weighted by Gasteiger charge is -2.16. The first-order valence-electron chi connectivity index (χ1n) is 42.8. The summed E-state index contributed by atoms with van der Waals surface area (Å²) in [5, 5.41) is 14.0. The molecule has 0 aliphatic rings. The van der Waals surface area contributed by atoms with Gasteiger partial charge in [-0.25, -0.2) is 35.1 Å². The van der Waals surface area contributed by atoms with Crippen molar-refractivity contribution in [1.29, 1.82) is 0 Å². The molecule has 10 heterocycles. The molecule has 0 fully saturated rings. The molecule has 0 aliphatic carbocycles. The van der Waals surface area contributed by atoms with Gasteiger partial charge in [-0.2, -0.15) is 0 Å². The van der Waals surface area contributed by atoms with Crippen LogP contribution in [0.1, 0.15) is 208 Å². The van der Waals surface area contributed by atoms with Crippen LogP contribution in [0.5, 0.6) is 0 Å². The maximum atomic E-state index is 13.7. The van der Waals surface area contributed by atoms with Crippen molar-refractivity contribution in [3.63, 3.8) is 0 Å². The SMILES string of the molecule is CC(C)c1c(C(=O)NCc2ccc(F)c(F)c2)c2cc(=O)[nH]cc2n1Cc1ccccn1.CC(C)c1c(C(=O)NCc2ccc(F)c(F)c2)c2ccncc2n1Cc1ccccc1.CC(C)c1c(C(=O)NCc2ccc(F)c(F)c2)c2cnccc2n1Cc1ccccn1.CCCCn1cc2c(cc1=O)c(C(=O)NCc1ccc(F)c(F)c1)c(C(C)C)n2Cc1ccccc1. The molecule has 20 nitrogen and oxygen atoms in total. The number of aromatic amines is 1. The Bertz CT molecular complexity index is 6690. The van der Waals surface area contributed by atoms with E-state index in [4.69, 9.17) is 0 Å². The van der Waals surface area contributed by atoms with Crippen LogP contribution in [0.3, 0.4) is 0 Å². The number of aryl methyl sites for hydroxylation is 1. The van der Waals surface area contributed by atoms with E-state index in [-0.39, 0.29) is 78.7 Å². The summed E-state index contributed by atoms with van der Waals surface area (Å²) in [6.45, 7) is 21.2. The molecule has 668 valence electrons. The second-order valence-corrected chi connectivity index (χ2v) is 32.7. The number of nitrogens with one attached hydrogen (secondary N) is 5. The fourth-order valence-electron chi connectivity index (χ4n) is 16.2. The topological polar surface area (TPSA) is 243 Å². The van der Waals surface area contributed by atoms with Gasteiger partial charge in [-0.05, 0) is 148 Å². The maximum Gasteiger partial charge on any atom is 0.254 e. The number of pyridine rings is 6. The Hall–Kier alpha value is -14.7. The molecule has 6 aromatic carbocycles. The van der Waals surface area contributed by atoms with Crippen molar-refractivity contribution in [1.82, 2.24) is 69.0 Å². The van der Waals surface area contributed by atoms with Gasteiger partial charge in [-0.1, -0.05) is 166 Å². The molecule has 4 amide bonds. The molecule has 10 aromatic heterocycles. The molecular formula is C102H98F8N14O6. The predicted octanol–water partition coefficient (Wildman–Crippen LogP) is 20.3. The molecule has 28 heteroatoms. The van der Waals surface area contributed by atoms with Crippen LogP contribution >= 0.6 is 0 Å². The number of unbranched alkanes of at least 4 members (excludes halogenated alkanes) is 1. The third-order valence-corrected chi connectivity index (χ3v) is 22.1. The van der Waals surface area contributed by atoms with Gasteiger partial charge in [-0.3, -0.25) is 48.7 Å². The van der Waals surface area contributed by atoms with Crippen LogP contribution in [0.25, 0.3) is 43.6 Å². The highest BCUT2D eigenvalue weighted by molar-refractivity contribution is 6.11. The first-order valence-corrected chi connectivity index (χ1v) is 42.8. The quantitative estimate of drug-likeness (QED) is 0.0305. The second-order valence-electron chi connectivity index (χ2n) is 32.7. The minimum absolute atomic E-state index is 0.00989. The van der Waals surface area contributed by atoms with Crippen LogP contribution in [-0.4, -0.2) is 71.4 Å². The summed E-state index contributed by atoms with van der Waals surface area (Å²) in [7, 11) is 0. The summed E-state index contributed by atoms with van der Waals surface area (Å²) in [4.78, 5) is 98.3. The number of benzene rings is 6. The molecule has 16 rings (SSSR count). The molecule has 0 saturated carbocycles. The molecular weight excluding hydrogens is 1670 g/mol. The van der Waals surface area contributed by atoms with Crippen LogP contribution < -0.4 is 32.4 Å².